The number of rotatable bonds is 4. The number of hydrogen-bond donors (Lipinski definition) is 2. The molecule has 0 aromatic carbocycles. The predicted molar refractivity (Wildman–Crippen MR) is 94.1 cm³/mol. The third-order valence-electron chi connectivity index (χ3n) is 5.86. The van der Waals surface area contributed by atoms with Crippen molar-refractivity contribution in [3.8, 4) is 0 Å². The van der Waals surface area contributed by atoms with Crippen molar-refractivity contribution >= 4 is 22.9 Å². The Kier molecular flexibility index (Phi) is 3.63. The molecule has 7 heteroatoms. The van der Waals surface area contributed by atoms with Crippen LogP contribution in [0, 0.1) is 11.8 Å². The van der Waals surface area contributed by atoms with E-state index < -0.39 is 0 Å². The minimum Gasteiger partial charge on any atom is -0.393 e. The quantitative estimate of drug-likeness (QED) is 0.890. The number of aliphatic hydroxyl groups excluding tert-OH is 1. The number of aliphatic hydroxyl groups is 1. The molecule has 2 saturated carbocycles. The van der Waals surface area contributed by atoms with Crippen molar-refractivity contribution in [1.82, 2.24) is 19.5 Å². The SMILES string of the molecule is CC(C)N(C)c1nc2c(NC3CC4CC3CC4O)ncnc2n1C. The van der Waals surface area contributed by atoms with E-state index in [1.807, 2.05) is 18.7 Å². The summed E-state index contributed by atoms with van der Waals surface area (Å²) in [5, 5.41) is 13.5. The molecule has 24 heavy (non-hydrogen) atoms. The summed E-state index contributed by atoms with van der Waals surface area (Å²) in [5.41, 5.74) is 1.67. The normalized spacial score (nSPS) is 28.9. The minimum atomic E-state index is -0.111. The molecule has 2 heterocycles. The Morgan fingerprint density at radius 3 is 2.67 bits per heavy atom. The van der Waals surface area contributed by atoms with Crippen molar-refractivity contribution in [2.24, 2.45) is 18.9 Å². The Morgan fingerprint density at radius 1 is 1.25 bits per heavy atom. The molecule has 2 fully saturated rings. The fourth-order valence-electron chi connectivity index (χ4n) is 4.24. The number of anilines is 2. The molecular formula is C17H26N6O. The predicted octanol–water partition coefficient (Wildman–Crippen LogP) is 1.78. The molecule has 7 nitrogen and oxygen atoms in total. The van der Waals surface area contributed by atoms with Crippen LogP contribution in [0.1, 0.15) is 33.1 Å². The molecule has 0 radical (unpaired) electrons. The van der Waals surface area contributed by atoms with E-state index in [0.29, 0.717) is 23.9 Å². The topological polar surface area (TPSA) is 79.1 Å². The molecule has 4 unspecified atom stereocenters. The molecule has 0 amide bonds. The van der Waals surface area contributed by atoms with E-state index in [1.54, 1.807) is 6.33 Å². The highest BCUT2D eigenvalue weighted by atomic mass is 16.3. The van der Waals surface area contributed by atoms with E-state index >= 15 is 0 Å². The molecule has 2 bridgehead atoms. The summed E-state index contributed by atoms with van der Waals surface area (Å²) < 4.78 is 2.02. The fraction of sp³-hybridized carbons (Fsp3) is 0.706. The van der Waals surface area contributed by atoms with E-state index in [0.717, 1.165) is 42.2 Å². The summed E-state index contributed by atoms with van der Waals surface area (Å²) in [4.78, 5) is 15.8. The van der Waals surface area contributed by atoms with Crippen LogP contribution in [-0.2, 0) is 7.05 Å². The summed E-state index contributed by atoms with van der Waals surface area (Å²) >= 11 is 0. The van der Waals surface area contributed by atoms with E-state index in [9.17, 15) is 5.11 Å². The number of nitrogens with zero attached hydrogens (tertiary/aromatic N) is 5. The van der Waals surface area contributed by atoms with Gasteiger partial charge in [-0.15, -0.1) is 0 Å². The van der Waals surface area contributed by atoms with Gasteiger partial charge in [-0.25, -0.2) is 15.0 Å². The third-order valence-corrected chi connectivity index (χ3v) is 5.86. The minimum absolute atomic E-state index is 0.111. The van der Waals surface area contributed by atoms with Gasteiger partial charge in [0.05, 0.1) is 6.10 Å². The number of nitrogens with one attached hydrogen (secondary N) is 1. The van der Waals surface area contributed by atoms with Gasteiger partial charge in [-0.2, -0.15) is 0 Å². The van der Waals surface area contributed by atoms with E-state index in [1.165, 1.54) is 0 Å². The van der Waals surface area contributed by atoms with Crippen LogP contribution in [0.4, 0.5) is 11.8 Å². The van der Waals surface area contributed by atoms with Crippen LogP contribution in [0.3, 0.4) is 0 Å². The highest BCUT2D eigenvalue weighted by molar-refractivity contribution is 5.85. The fourth-order valence-corrected chi connectivity index (χ4v) is 4.24. The largest absolute Gasteiger partial charge is 0.393 e. The Labute approximate surface area is 142 Å². The van der Waals surface area contributed by atoms with Crippen molar-refractivity contribution in [3.05, 3.63) is 6.33 Å². The first kappa shape index (κ1) is 15.6. The van der Waals surface area contributed by atoms with Crippen LogP contribution in [0.2, 0.25) is 0 Å². The lowest BCUT2D eigenvalue weighted by Crippen LogP contribution is -2.31. The average Bonchev–Trinajstić information content (AvgIpc) is 3.20. The summed E-state index contributed by atoms with van der Waals surface area (Å²) in [6.45, 7) is 4.29. The van der Waals surface area contributed by atoms with Crippen molar-refractivity contribution in [1.29, 1.82) is 0 Å². The van der Waals surface area contributed by atoms with Crippen LogP contribution < -0.4 is 10.2 Å². The lowest BCUT2D eigenvalue weighted by atomic mass is 9.93. The highest BCUT2D eigenvalue weighted by Gasteiger charge is 2.45. The molecule has 0 spiro atoms. The molecule has 2 aromatic heterocycles. The standard InChI is InChI=1S/C17H26N6O/c1-9(2)22(3)17-21-14-15(18-8-19-16(14)23(17)4)20-12-6-11-5-10(12)7-13(11)24/h8-13,24H,5-7H2,1-4H3,(H,18,19,20). The van der Waals surface area contributed by atoms with Gasteiger partial charge >= 0.3 is 0 Å². The van der Waals surface area contributed by atoms with Crippen LogP contribution in [-0.4, -0.2) is 49.9 Å². The first-order valence-electron chi connectivity index (χ1n) is 8.80. The molecule has 4 atom stereocenters. The number of hydrogen-bond acceptors (Lipinski definition) is 6. The van der Waals surface area contributed by atoms with Gasteiger partial charge in [0.1, 0.15) is 6.33 Å². The highest BCUT2D eigenvalue weighted by Crippen LogP contribution is 2.46. The Morgan fingerprint density at radius 2 is 2.04 bits per heavy atom. The summed E-state index contributed by atoms with van der Waals surface area (Å²) in [6, 6.07) is 0.738. The van der Waals surface area contributed by atoms with Crippen molar-refractivity contribution in [2.45, 2.75) is 51.3 Å². The van der Waals surface area contributed by atoms with Crippen LogP contribution in [0.25, 0.3) is 11.2 Å². The molecule has 2 aromatic rings. The van der Waals surface area contributed by atoms with Gasteiger partial charge in [0, 0.05) is 26.2 Å². The molecular weight excluding hydrogens is 304 g/mol. The molecule has 130 valence electrons. The average molecular weight is 330 g/mol. The molecule has 4 rings (SSSR count). The van der Waals surface area contributed by atoms with Gasteiger partial charge in [-0.05, 0) is 44.9 Å². The van der Waals surface area contributed by atoms with Gasteiger partial charge in [-0.3, -0.25) is 4.57 Å². The second-order valence-electron chi connectivity index (χ2n) is 7.62. The Hall–Kier alpha value is -1.89. The number of imidazole rings is 1. The lowest BCUT2D eigenvalue weighted by Gasteiger charge is -2.26. The maximum Gasteiger partial charge on any atom is 0.207 e. The lowest BCUT2D eigenvalue weighted by molar-refractivity contribution is 0.110. The maximum atomic E-state index is 9.95. The zero-order valence-corrected chi connectivity index (χ0v) is 14.8. The zero-order valence-electron chi connectivity index (χ0n) is 14.8. The van der Waals surface area contributed by atoms with Gasteiger partial charge in [0.25, 0.3) is 0 Å². The third kappa shape index (κ3) is 2.33. The van der Waals surface area contributed by atoms with Gasteiger partial charge in [0.15, 0.2) is 17.0 Å². The van der Waals surface area contributed by atoms with Crippen LogP contribution in [0.15, 0.2) is 6.33 Å². The smallest absolute Gasteiger partial charge is 0.207 e. The van der Waals surface area contributed by atoms with Crippen LogP contribution >= 0.6 is 0 Å². The first-order valence-corrected chi connectivity index (χ1v) is 8.80. The zero-order chi connectivity index (χ0) is 17.0. The second kappa shape index (κ2) is 5.58. The Bertz CT molecular complexity index is 755. The van der Waals surface area contributed by atoms with E-state index in [4.69, 9.17) is 4.98 Å². The molecule has 2 N–H and O–H groups in total. The summed E-state index contributed by atoms with van der Waals surface area (Å²) in [6.07, 6.45) is 4.53. The summed E-state index contributed by atoms with van der Waals surface area (Å²) in [5.74, 6) is 2.69. The van der Waals surface area contributed by atoms with Gasteiger partial charge < -0.3 is 15.3 Å². The first-order chi connectivity index (χ1) is 11.5. The molecule has 2 aliphatic rings. The van der Waals surface area contributed by atoms with Gasteiger partial charge in [-0.1, -0.05) is 0 Å². The summed E-state index contributed by atoms with van der Waals surface area (Å²) in [7, 11) is 4.04. The van der Waals surface area contributed by atoms with E-state index in [2.05, 4.69) is 34.0 Å². The van der Waals surface area contributed by atoms with E-state index in [-0.39, 0.29) is 6.10 Å². The molecule has 2 aliphatic carbocycles. The van der Waals surface area contributed by atoms with Crippen molar-refractivity contribution in [3.63, 3.8) is 0 Å². The number of fused-ring (bicyclic) bond motifs is 3. The Balaban J connectivity index is 1.66. The van der Waals surface area contributed by atoms with Crippen molar-refractivity contribution < 1.29 is 5.11 Å². The second-order valence-corrected chi connectivity index (χ2v) is 7.62. The van der Waals surface area contributed by atoms with Crippen LogP contribution in [0.5, 0.6) is 0 Å². The number of aromatic nitrogens is 4. The maximum absolute atomic E-state index is 9.95. The molecule has 0 aliphatic heterocycles. The molecule has 0 saturated heterocycles. The van der Waals surface area contributed by atoms with Gasteiger partial charge in [0.2, 0.25) is 5.95 Å². The number of aryl methyl sites for hydroxylation is 1. The van der Waals surface area contributed by atoms with Crippen molar-refractivity contribution in [2.75, 3.05) is 17.3 Å². The monoisotopic (exact) mass is 330 g/mol.